The van der Waals surface area contributed by atoms with E-state index in [-0.39, 0.29) is 0 Å². The fourth-order valence-corrected chi connectivity index (χ4v) is 2.00. The molecule has 1 N–H and O–H groups in total. The van der Waals surface area contributed by atoms with Gasteiger partial charge < -0.3 is 9.84 Å². The molecular weight excluding hydrogens is 284 g/mol. The van der Waals surface area contributed by atoms with Crippen LogP contribution in [0.1, 0.15) is 25.8 Å². The molecule has 17 heavy (non-hydrogen) atoms. The molecule has 0 aliphatic rings. The van der Waals surface area contributed by atoms with Crippen molar-refractivity contribution in [3.8, 4) is 5.75 Å². The van der Waals surface area contributed by atoms with Crippen molar-refractivity contribution in [3.05, 3.63) is 34.3 Å². The number of ether oxygens (including phenoxy) is 1. The van der Waals surface area contributed by atoms with Crippen LogP contribution in [0.2, 0.25) is 0 Å². The van der Waals surface area contributed by atoms with Gasteiger partial charge >= 0.3 is 5.97 Å². The number of halogens is 1. The van der Waals surface area contributed by atoms with Crippen molar-refractivity contribution in [1.82, 2.24) is 0 Å². The molecule has 0 aliphatic heterocycles. The maximum atomic E-state index is 10.7. The first-order valence-electron chi connectivity index (χ1n) is 5.44. The van der Waals surface area contributed by atoms with Crippen molar-refractivity contribution in [3.63, 3.8) is 0 Å². The molecule has 0 saturated heterocycles. The lowest BCUT2D eigenvalue weighted by Crippen LogP contribution is -1.95. The van der Waals surface area contributed by atoms with Crippen LogP contribution in [0.15, 0.2) is 28.7 Å². The van der Waals surface area contributed by atoms with Gasteiger partial charge in [-0.1, -0.05) is 13.0 Å². The fourth-order valence-electron chi connectivity index (χ4n) is 1.51. The molecule has 0 saturated carbocycles. The Balaban J connectivity index is 3.07. The molecule has 4 heteroatoms. The summed E-state index contributed by atoms with van der Waals surface area (Å²) in [6.45, 7) is 4.45. The number of rotatable bonds is 5. The molecule has 0 atom stereocenters. The van der Waals surface area contributed by atoms with Crippen LogP contribution in [0.25, 0.3) is 5.57 Å². The van der Waals surface area contributed by atoms with E-state index in [4.69, 9.17) is 9.84 Å². The van der Waals surface area contributed by atoms with E-state index in [1.165, 1.54) is 6.08 Å². The van der Waals surface area contributed by atoms with Gasteiger partial charge in [-0.05, 0) is 52.5 Å². The second kappa shape index (κ2) is 6.45. The minimum atomic E-state index is -0.924. The molecule has 1 aromatic rings. The Morgan fingerprint density at radius 1 is 1.47 bits per heavy atom. The van der Waals surface area contributed by atoms with Gasteiger partial charge in [-0.3, -0.25) is 0 Å². The molecule has 0 aliphatic carbocycles. The average molecular weight is 299 g/mol. The first-order valence-corrected chi connectivity index (χ1v) is 6.24. The monoisotopic (exact) mass is 298 g/mol. The standard InChI is InChI=1S/C13H15BrO3/c1-3-9(8-13(15)16)10-5-6-12(17-4-2)11(14)7-10/h5-8H,3-4H2,1-2H3,(H,15,16)/b9-8+. The number of hydrogen-bond acceptors (Lipinski definition) is 2. The van der Waals surface area contributed by atoms with Crippen LogP contribution in [0.4, 0.5) is 0 Å². The Kier molecular flexibility index (Phi) is 5.22. The largest absolute Gasteiger partial charge is 0.493 e. The molecule has 92 valence electrons. The molecule has 0 radical (unpaired) electrons. The summed E-state index contributed by atoms with van der Waals surface area (Å²) >= 11 is 3.41. The number of benzene rings is 1. The predicted molar refractivity (Wildman–Crippen MR) is 71.2 cm³/mol. The van der Waals surface area contributed by atoms with Crippen LogP contribution >= 0.6 is 15.9 Å². The summed E-state index contributed by atoms with van der Waals surface area (Å²) in [6, 6.07) is 5.59. The molecule has 0 amide bonds. The molecule has 0 aromatic heterocycles. The third-order valence-corrected chi connectivity index (χ3v) is 2.90. The van der Waals surface area contributed by atoms with Crippen LogP contribution in [0.5, 0.6) is 5.75 Å². The van der Waals surface area contributed by atoms with Gasteiger partial charge in [-0.2, -0.15) is 0 Å². The number of carboxylic acid groups (broad SMARTS) is 1. The van der Waals surface area contributed by atoms with Gasteiger partial charge in [0.15, 0.2) is 0 Å². The minimum Gasteiger partial charge on any atom is -0.493 e. The van der Waals surface area contributed by atoms with Crippen LogP contribution in [0.3, 0.4) is 0 Å². The summed E-state index contributed by atoms with van der Waals surface area (Å²) in [7, 11) is 0. The zero-order valence-electron chi connectivity index (χ0n) is 9.87. The quantitative estimate of drug-likeness (QED) is 0.843. The van der Waals surface area contributed by atoms with E-state index in [9.17, 15) is 4.79 Å². The molecule has 1 rings (SSSR count). The molecule has 0 heterocycles. The van der Waals surface area contributed by atoms with Gasteiger partial charge in [0.1, 0.15) is 5.75 Å². The lowest BCUT2D eigenvalue weighted by Gasteiger charge is -2.09. The van der Waals surface area contributed by atoms with E-state index in [2.05, 4.69) is 15.9 Å². The Morgan fingerprint density at radius 2 is 2.18 bits per heavy atom. The molecule has 0 bridgehead atoms. The smallest absolute Gasteiger partial charge is 0.328 e. The van der Waals surface area contributed by atoms with Crippen LogP contribution < -0.4 is 4.74 Å². The average Bonchev–Trinajstić information content (AvgIpc) is 2.28. The van der Waals surface area contributed by atoms with Crippen molar-refractivity contribution >= 4 is 27.5 Å². The second-order valence-electron chi connectivity index (χ2n) is 3.44. The van der Waals surface area contributed by atoms with E-state index in [1.807, 2.05) is 32.0 Å². The lowest BCUT2D eigenvalue weighted by atomic mass is 10.0. The van der Waals surface area contributed by atoms with Gasteiger partial charge in [0.05, 0.1) is 11.1 Å². The summed E-state index contributed by atoms with van der Waals surface area (Å²) in [5.41, 5.74) is 1.69. The summed E-state index contributed by atoms with van der Waals surface area (Å²) in [5.74, 6) is -0.158. The highest BCUT2D eigenvalue weighted by Gasteiger charge is 2.06. The Labute approximate surface area is 109 Å². The molecule has 0 fully saturated rings. The second-order valence-corrected chi connectivity index (χ2v) is 4.29. The summed E-state index contributed by atoms with van der Waals surface area (Å²) in [5, 5.41) is 8.77. The molecule has 0 spiro atoms. The van der Waals surface area contributed by atoms with Gasteiger partial charge in [0.25, 0.3) is 0 Å². The van der Waals surface area contributed by atoms with Crippen molar-refractivity contribution in [2.75, 3.05) is 6.61 Å². The summed E-state index contributed by atoms with van der Waals surface area (Å²) < 4.78 is 6.24. The Hall–Kier alpha value is -1.29. The molecular formula is C13H15BrO3. The van der Waals surface area contributed by atoms with E-state index >= 15 is 0 Å². The van der Waals surface area contributed by atoms with Gasteiger partial charge in [-0.15, -0.1) is 0 Å². The highest BCUT2D eigenvalue weighted by atomic mass is 79.9. The van der Waals surface area contributed by atoms with Gasteiger partial charge in [0.2, 0.25) is 0 Å². The van der Waals surface area contributed by atoms with Gasteiger partial charge in [-0.25, -0.2) is 4.79 Å². The topological polar surface area (TPSA) is 46.5 Å². The number of hydrogen-bond donors (Lipinski definition) is 1. The van der Waals surface area contributed by atoms with Crippen molar-refractivity contribution in [2.24, 2.45) is 0 Å². The van der Waals surface area contributed by atoms with Crippen molar-refractivity contribution in [2.45, 2.75) is 20.3 Å². The van der Waals surface area contributed by atoms with E-state index < -0.39 is 5.97 Å². The number of carbonyl (C=O) groups is 1. The normalized spacial score (nSPS) is 11.4. The first kappa shape index (κ1) is 13.8. The Bertz CT molecular complexity index is 438. The van der Waals surface area contributed by atoms with Crippen LogP contribution in [-0.2, 0) is 4.79 Å². The fraction of sp³-hybridized carbons (Fsp3) is 0.308. The maximum Gasteiger partial charge on any atom is 0.328 e. The highest BCUT2D eigenvalue weighted by Crippen LogP contribution is 2.29. The number of carboxylic acids is 1. The number of allylic oxidation sites excluding steroid dienone is 1. The zero-order chi connectivity index (χ0) is 12.8. The van der Waals surface area contributed by atoms with Crippen molar-refractivity contribution < 1.29 is 14.6 Å². The molecule has 1 aromatic carbocycles. The molecule has 3 nitrogen and oxygen atoms in total. The third kappa shape index (κ3) is 3.89. The first-order chi connectivity index (χ1) is 8.08. The zero-order valence-corrected chi connectivity index (χ0v) is 11.5. The molecule has 0 unspecified atom stereocenters. The van der Waals surface area contributed by atoms with E-state index in [0.717, 1.165) is 21.4 Å². The van der Waals surface area contributed by atoms with Crippen molar-refractivity contribution in [1.29, 1.82) is 0 Å². The van der Waals surface area contributed by atoms with Crippen LogP contribution in [0, 0.1) is 0 Å². The summed E-state index contributed by atoms with van der Waals surface area (Å²) in [6.07, 6.45) is 1.91. The minimum absolute atomic E-state index is 0.601. The highest BCUT2D eigenvalue weighted by molar-refractivity contribution is 9.10. The summed E-state index contributed by atoms with van der Waals surface area (Å²) in [4.78, 5) is 10.7. The van der Waals surface area contributed by atoms with Crippen LogP contribution in [-0.4, -0.2) is 17.7 Å². The number of aliphatic carboxylic acids is 1. The Morgan fingerprint density at radius 3 is 2.65 bits per heavy atom. The van der Waals surface area contributed by atoms with E-state index in [0.29, 0.717) is 13.0 Å². The lowest BCUT2D eigenvalue weighted by molar-refractivity contribution is -0.131. The predicted octanol–water partition coefficient (Wildman–Crippen LogP) is 3.73. The SMILES string of the molecule is CCOc1ccc(/C(=C/C(=O)O)CC)cc1Br. The maximum absolute atomic E-state index is 10.7. The van der Waals surface area contributed by atoms with E-state index in [1.54, 1.807) is 0 Å². The third-order valence-electron chi connectivity index (χ3n) is 2.28. The van der Waals surface area contributed by atoms with Gasteiger partial charge in [0, 0.05) is 6.08 Å².